The van der Waals surface area contributed by atoms with Gasteiger partial charge in [-0.05, 0) is 41.5 Å². The monoisotopic (exact) mass is 568 g/mol. The Bertz CT molecular complexity index is 1010. The summed E-state index contributed by atoms with van der Waals surface area (Å²) in [5.41, 5.74) is 2.86. The van der Waals surface area contributed by atoms with Crippen LogP contribution in [0.4, 0.5) is 0 Å². The van der Waals surface area contributed by atoms with Gasteiger partial charge in [0.15, 0.2) is 0 Å². The molecule has 3 aromatic rings. The van der Waals surface area contributed by atoms with Crippen LogP contribution >= 0.6 is 34.8 Å². The van der Waals surface area contributed by atoms with Gasteiger partial charge >= 0.3 is 0 Å². The third-order valence-corrected chi connectivity index (χ3v) is 6.58. The van der Waals surface area contributed by atoms with Crippen molar-refractivity contribution in [1.29, 1.82) is 0 Å². The average Bonchev–Trinajstić information content (AvgIpc) is 2.95. The number of benzene rings is 3. The molecule has 0 spiro atoms. The quantitative estimate of drug-likeness (QED) is 0.180. The van der Waals surface area contributed by atoms with E-state index in [0.29, 0.717) is 17.2 Å². The zero-order valence-corrected chi connectivity index (χ0v) is 22.4. The Morgan fingerprint density at radius 3 is 1.38 bits per heavy atom. The lowest BCUT2D eigenvalue weighted by atomic mass is 9.84. The Kier molecular flexibility index (Phi) is 12.1. The Morgan fingerprint density at radius 2 is 0.946 bits per heavy atom. The standard InChI is InChI=1S/C28H31Cl3O6/c29-13-21(32)16-35-24-9-5-19(6-10-24)28(20-7-11-25(12-8-20)36-17-22(33)14-30)26-3-1-2-4-27(26)37-18-23(34)15-31/h1-12,21-23,28,32-34H,13-18H2. The molecular formula is C28H31Cl3O6. The van der Waals surface area contributed by atoms with Crippen molar-refractivity contribution in [2.45, 2.75) is 24.2 Å². The average molecular weight is 570 g/mol. The highest BCUT2D eigenvalue weighted by Crippen LogP contribution is 2.38. The minimum absolute atomic E-state index is 0.0680. The van der Waals surface area contributed by atoms with E-state index in [-0.39, 0.29) is 43.4 Å². The van der Waals surface area contributed by atoms with E-state index >= 15 is 0 Å². The maximum Gasteiger partial charge on any atom is 0.123 e. The summed E-state index contributed by atoms with van der Waals surface area (Å²) >= 11 is 17.1. The summed E-state index contributed by atoms with van der Waals surface area (Å²) in [4.78, 5) is 0. The molecule has 3 unspecified atom stereocenters. The largest absolute Gasteiger partial charge is 0.491 e. The Hall–Kier alpha value is -2.19. The summed E-state index contributed by atoms with van der Waals surface area (Å²) in [6.07, 6.45) is -2.27. The molecule has 0 saturated carbocycles. The van der Waals surface area contributed by atoms with Crippen molar-refractivity contribution in [3.63, 3.8) is 0 Å². The highest BCUT2D eigenvalue weighted by atomic mass is 35.5. The Balaban J connectivity index is 1.93. The van der Waals surface area contributed by atoms with Crippen LogP contribution in [0.5, 0.6) is 17.2 Å². The van der Waals surface area contributed by atoms with Gasteiger partial charge in [0.1, 0.15) is 55.4 Å². The molecule has 0 amide bonds. The van der Waals surface area contributed by atoms with Gasteiger partial charge in [0, 0.05) is 11.5 Å². The number of alkyl halides is 3. The molecule has 0 fully saturated rings. The van der Waals surface area contributed by atoms with Crippen LogP contribution in [-0.4, -0.2) is 71.1 Å². The van der Waals surface area contributed by atoms with Crippen LogP contribution in [0.15, 0.2) is 72.8 Å². The van der Waals surface area contributed by atoms with E-state index in [9.17, 15) is 15.3 Å². The second-order valence-corrected chi connectivity index (χ2v) is 9.39. The fraction of sp³-hybridized carbons (Fsp3) is 0.357. The molecule has 3 atom stereocenters. The van der Waals surface area contributed by atoms with E-state index in [1.807, 2.05) is 72.8 Å². The van der Waals surface area contributed by atoms with Gasteiger partial charge in [0.05, 0.1) is 17.6 Å². The molecule has 3 N–H and O–H groups in total. The van der Waals surface area contributed by atoms with Crippen LogP contribution in [0.25, 0.3) is 0 Å². The topological polar surface area (TPSA) is 88.4 Å². The van der Waals surface area contributed by atoms with E-state index in [0.717, 1.165) is 16.7 Å². The van der Waals surface area contributed by atoms with Gasteiger partial charge in [-0.25, -0.2) is 0 Å². The number of para-hydroxylation sites is 1. The van der Waals surface area contributed by atoms with E-state index in [2.05, 4.69) is 0 Å². The lowest BCUT2D eigenvalue weighted by molar-refractivity contribution is 0.124. The Labute approximate surface area is 232 Å². The highest BCUT2D eigenvalue weighted by Gasteiger charge is 2.22. The van der Waals surface area contributed by atoms with Crippen LogP contribution in [0.3, 0.4) is 0 Å². The van der Waals surface area contributed by atoms with Gasteiger partial charge in [-0.3, -0.25) is 0 Å². The number of hydrogen-bond donors (Lipinski definition) is 3. The smallest absolute Gasteiger partial charge is 0.123 e. The minimum atomic E-state index is -0.785. The summed E-state index contributed by atoms with van der Waals surface area (Å²) < 4.78 is 17.2. The van der Waals surface area contributed by atoms with Gasteiger partial charge in [-0.15, -0.1) is 34.8 Å². The molecule has 0 aliphatic heterocycles. The first-order valence-corrected chi connectivity index (χ1v) is 13.4. The molecule has 3 rings (SSSR count). The summed E-state index contributed by atoms with van der Waals surface area (Å²) in [6, 6.07) is 22.8. The van der Waals surface area contributed by atoms with Crippen LogP contribution in [-0.2, 0) is 0 Å². The fourth-order valence-corrected chi connectivity index (χ4v) is 3.89. The van der Waals surface area contributed by atoms with Crippen LogP contribution in [0.1, 0.15) is 22.6 Å². The number of rotatable bonds is 15. The number of hydrogen-bond acceptors (Lipinski definition) is 6. The molecule has 0 heterocycles. The second-order valence-electron chi connectivity index (χ2n) is 8.47. The SMILES string of the molecule is OC(CCl)COc1ccc(C(c2ccc(OCC(O)CCl)cc2)c2ccccc2OCC(O)CCl)cc1. The highest BCUT2D eigenvalue weighted by molar-refractivity contribution is 6.18. The van der Waals surface area contributed by atoms with Crippen molar-refractivity contribution in [2.75, 3.05) is 37.5 Å². The van der Waals surface area contributed by atoms with Crippen LogP contribution in [0, 0.1) is 0 Å². The normalized spacial score (nSPS) is 14.4. The fourth-order valence-electron chi connectivity index (χ4n) is 3.62. The van der Waals surface area contributed by atoms with Crippen molar-refractivity contribution in [3.8, 4) is 17.2 Å². The molecule has 0 radical (unpaired) electrons. The summed E-state index contributed by atoms with van der Waals surface area (Å²) in [5, 5.41) is 29.3. The van der Waals surface area contributed by atoms with Crippen molar-refractivity contribution < 1.29 is 29.5 Å². The van der Waals surface area contributed by atoms with E-state index in [4.69, 9.17) is 49.0 Å². The van der Waals surface area contributed by atoms with Crippen molar-refractivity contribution in [3.05, 3.63) is 89.5 Å². The predicted molar refractivity (Wildman–Crippen MR) is 147 cm³/mol. The summed E-state index contributed by atoms with van der Waals surface area (Å²) in [5.74, 6) is 1.92. The maximum absolute atomic E-state index is 9.92. The maximum atomic E-state index is 9.92. The molecule has 0 aliphatic rings. The van der Waals surface area contributed by atoms with Gasteiger partial charge in [0.2, 0.25) is 0 Å². The third-order valence-electron chi connectivity index (χ3n) is 5.51. The Morgan fingerprint density at radius 1 is 0.541 bits per heavy atom. The van der Waals surface area contributed by atoms with E-state index in [1.165, 1.54) is 0 Å². The zero-order valence-electron chi connectivity index (χ0n) is 20.2. The number of ether oxygens (including phenoxy) is 3. The summed E-state index contributed by atoms with van der Waals surface area (Å²) in [7, 11) is 0. The number of halogens is 3. The molecule has 37 heavy (non-hydrogen) atoms. The van der Waals surface area contributed by atoms with Crippen molar-refractivity contribution in [1.82, 2.24) is 0 Å². The molecular weight excluding hydrogens is 539 g/mol. The van der Waals surface area contributed by atoms with Gasteiger partial charge in [-0.1, -0.05) is 42.5 Å². The van der Waals surface area contributed by atoms with Gasteiger partial charge in [0.25, 0.3) is 0 Å². The minimum Gasteiger partial charge on any atom is -0.491 e. The van der Waals surface area contributed by atoms with E-state index < -0.39 is 18.3 Å². The molecule has 0 aromatic heterocycles. The number of aliphatic hydroxyl groups excluding tert-OH is 3. The lowest BCUT2D eigenvalue weighted by Gasteiger charge is -2.23. The zero-order chi connectivity index (χ0) is 26.6. The molecule has 200 valence electrons. The van der Waals surface area contributed by atoms with Gasteiger partial charge < -0.3 is 29.5 Å². The van der Waals surface area contributed by atoms with Crippen molar-refractivity contribution in [2.24, 2.45) is 0 Å². The molecule has 6 nitrogen and oxygen atoms in total. The van der Waals surface area contributed by atoms with E-state index in [1.54, 1.807) is 0 Å². The molecule has 9 heteroatoms. The first-order valence-electron chi connectivity index (χ1n) is 11.8. The number of aliphatic hydroxyl groups is 3. The lowest BCUT2D eigenvalue weighted by Crippen LogP contribution is -2.20. The molecule has 0 aliphatic carbocycles. The molecule has 0 bridgehead atoms. The predicted octanol–water partition coefficient (Wildman–Crippen LogP) is 4.80. The first kappa shape index (κ1) is 29.4. The van der Waals surface area contributed by atoms with Gasteiger partial charge in [-0.2, -0.15) is 0 Å². The van der Waals surface area contributed by atoms with Crippen molar-refractivity contribution >= 4 is 34.8 Å². The summed E-state index contributed by atoms with van der Waals surface area (Å²) in [6.45, 7) is 0.274. The van der Waals surface area contributed by atoms with Crippen LogP contribution in [0.2, 0.25) is 0 Å². The molecule has 3 aromatic carbocycles. The second kappa shape index (κ2) is 15.3. The molecule has 0 saturated heterocycles. The third kappa shape index (κ3) is 8.95. The van der Waals surface area contributed by atoms with Crippen LogP contribution < -0.4 is 14.2 Å². The first-order chi connectivity index (χ1) is 17.9.